The Bertz CT molecular complexity index is 1180. The van der Waals surface area contributed by atoms with Crippen molar-refractivity contribution in [2.45, 2.75) is 17.2 Å². The number of phenols is 1. The van der Waals surface area contributed by atoms with Gasteiger partial charge in [-0.1, -0.05) is 53.7 Å². The first-order valence-electron chi connectivity index (χ1n) is 8.77. The van der Waals surface area contributed by atoms with E-state index in [1.54, 1.807) is 24.3 Å². The van der Waals surface area contributed by atoms with E-state index >= 15 is 0 Å². The Kier molecular flexibility index (Phi) is 5.71. The molecule has 146 valence electrons. The molecule has 2 aromatic heterocycles. The maximum atomic E-state index is 12.6. The lowest BCUT2D eigenvalue weighted by Gasteiger charge is -2.13. The minimum absolute atomic E-state index is 0.0327. The molecule has 5 nitrogen and oxygen atoms in total. The summed E-state index contributed by atoms with van der Waals surface area (Å²) in [6.45, 7) is 1.79. The number of thioether (sulfide) groups is 1. The van der Waals surface area contributed by atoms with Crippen LogP contribution >= 0.6 is 34.7 Å². The van der Waals surface area contributed by atoms with Gasteiger partial charge in [0.1, 0.15) is 21.9 Å². The third-order valence-corrected chi connectivity index (χ3v) is 6.67. The summed E-state index contributed by atoms with van der Waals surface area (Å²) < 4.78 is 0. The van der Waals surface area contributed by atoms with Crippen molar-refractivity contribution in [2.75, 3.05) is 5.32 Å². The second kappa shape index (κ2) is 8.41. The molecule has 0 aliphatic rings. The van der Waals surface area contributed by atoms with E-state index in [0.717, 1.165) is 25.7 Å². The van der Waals surface area contributed by atoms with Crippen molar-refractivity contribution in [3.05, 3.63) is 65.9 Å². The summed E-state index contributed by atoms with van der Waals surface area (Å²) in [4.78, 5) is 23.4. The molecule has 2 N–H and O–H groups in total. The third-order valence-electron chi connectivity index (χ3n) is 4.23. The third kappa shape index (κ3) is 4.37. The van der Waals surface area contributed by atoms with Crippen LogP contribution in [0.2, 0.25) is 5.02 Å². The predicted molar refractivity (Wildman–Crippen MR) is 120 cm³/mol. The zero-order chi connectivity index (χ0) is 20.4. The van der Waals surface area contributed by atoms with E-state index < -0.39 is 5.25 Å². The Morgan fingerprint density at radius 2 is 1.97 bits per heavy atom. The van der Waals surface area contributed by atoms with Crippen LogP contribution in [-0.4, -0.2) is 26.2 Å². The molecule has 2 heterocycles. The maximum absolute atomic E-state index is 12.6. The number of phenolic OH excluding ortho intramolecular Hbond substituents is 1. The Morgan fingerprint density at radius 1 is 1.17 bits per heavy atom. The molecule has 0 spiro atoms. The van der Waals surface area contributed by atoms with Gasteiger partial charge in [-0.15, -0.1) is 11.3 Å². The average molecular weight is 442 g/mol. The second-order valence-corrected chi connectivity index (χ2v) is 9.08. The molecule has 4 aromatic rings. The van der Waals surface area contributed by atoms with Crippen LogP contribution < -0.4 is 5.32 Å². The van der Waals surface area contributed by atoms with Crippen molar-refractivity contribution in [3.63, 3.8) is 0 Å². The quantitative estimate of drug-likeness (QED) is 0.231. The first-order valence-corrected chi connectivity index (χ1v) is 10.8. The van der Waals surface area contributed by atoms with E-state index in [4.69, 9.17) is 11.6 Å². The molecule has 0 saturated heterocycles. The highest BCUT2D eigenvalue weighted by molar-refractivity contribution is 8.00. The maximum Gasteiger partial charge on any atom is 0.237 e. The van der Waals surface area contributed by atoms with E-state index in [1.807, 2.05) is 18.2 Å². The highest BCUT2D eigenvalue weighted by atomic mass is 35.5. The lowest BCUT2D eigenvalue weighted by molar-refractivity contribution is -0.115. The van der Waals surface area contributed by atoms with Crippen molar-refractivity contribution >= 4 is 56.5 Å². The smallest absolute Gasteiger partial charge is 0.237 e. The van der Waals surface area contributed by atoms with Gasteiger partial charge in [-0.05, 0) is 36.8 Å². The number of nitrogens with zero attached hydrogens (tertiary/aromatic N) is 2. The molecule has 0 radical (unpaired) electrons. The summed E-state index contributed by atoms with van der Waals surface area (Å²) in [7, 11) is 0. The Morgan fingerprint density at radius 3 is 2.76 bits per heavy atom. The van der Waals surface area contributed by atoms with E-state index in [9.17, 15) is 9.90 Å². The Labute approximate surface area is 180 Å². The zero-order valence-electron chi connectivity index (χ0n) is 15.3. The minimum atomic E-state index is -0.438. The van der Waals surface area contributed by atoms with Gasteiger partial charge in [0.25, 0.3) is 0 Å². The molecule has 1 atom stereocenters. The molecule has 2 aromatic carbocycles. The largest absolute Gasteiger partial charge is 0.506 e. The summed E-state index contributed by atoms with van der Waals surface area (Å²) in [5.74, 6) is -0.285. The molecule has 0 aliphatic carbocycles. The monoisotopic (exact) mass is 441 g/mol. The van der Waals surface area contributed by atoms with Crippen LogP contribution in [0.1, 0.15) is 6.92 Å². The van der Waals surface area contributed by atoms with Crippen LogP contribution in [0.5, 0.6) is 5.75 Å². The van der Waals surface area contributed by atoms with Gasteiger partial charge in [-0.3, -0.25) is 4.79 Å². The summed E-state index contributed by atoms with van der Waals surface area (Å²) in [6.07, 6.45) is 1.52. The first kappa shape index (κ1) is 19.7. The topological polar surface area (TPSA) is 75.1 Å². The number of halogens is 1. The van der Waals surface area contributed by atoms with Crippen molar-refractivity contribution in [2.24, 2.45) is 0 Å². The highest BCUT2D eigenvalue weighted by Crippen LogP contribution is 2.37. The minimum Gasteiger partial charge on any atom is -0.506 e. The summed E-state index contributed by atoms with van der Waals surface area (Å²) in [5, 5.41) is 14.3. The van der Waals surface area contributed by atoms with Crippen molar-refractivity contribution in [1.29, 1.82) is 0 Å². The van der Waals surface area contributed by atoms with E-state index in [0.29, 0.717) is 5.02 Å². The number of carbonyl (C=O) groups is 1. The number of nitrogens with one attached hydrogen (secondary N) is 1. The molecule has 29 heavy (non-hydrogen) atoms. The summed E-state index contributed by atoms with van der Waals surface area (Å²) in [5.41, 5.74) is 1.40. The number of aromatic nitrogens is 2. The molecule has 4 rings (SSSR count). The second-order valence-electron chi connectivity index (χ2n) is 6.29. The Balaban J connectivity index is 1.56. The first-order chi connectivity index (χ1) is 14.0. The summed E-state index contributed by atoms with van der Waals surface area (Å²) >= 11 is 8.89. The molecule has 0 bridgehead atoms. The van der Waals surface area contributed by atoms with Gasteiger partial charge in [-0.25, -0.2) is 9.97 Å². The number of anilines is 1. The lowest BCUT2D eigenvalue weighted by atomic mass is 10.2. The normalized spacial score (nSPS) is 12.1. The fourth-order valence-electron chi connectivity index (χ4n) is 2.74. The van der Waals surface area contributed by atoms with Gasteiger partial charge in [0, 0.05) is 15.3 Å². The van der Waals surface area contributed by atoms with E-state index in [-0.39, 0.29) is 17.3 Å². The number of benzene rings is 2. The molecule has 8 heteroatoms. The number of aromatic hydroxyl groups is 1. The number of carbonyl (C=O) groups excluding carboxylic acids is 1. The number of amides is 1. The van der Waals surface area contributed by atoms with E-state index in [1.165, 1.54) is 30.2 Å². The van der Waals surface area contributed by atoms with Gasteiger partial charge < -0.3 is 10.4 Å². The van der Waals surface area contributed by atoms with Crippen LogP contribution in [0.15, 0.2) is 66.0 Å². The fraction of sp³-hybridized carbons (Fsp3) is 0.0952. The predicted octanol–water partition coefficient (Wildman–Crippen LogP) is 5.84. The number of thiophene rings is 1. The summed E-state index contributed by atoms with van der Waals surface area (Å²) in [6, 6.07) is 16.7. The van der Waals surface area contributed by atoms with Crippen LogP contribution in [0.25, 0.3) is 20.7 Å². The number of hydrogen-bond donors (Lipinski definition) is 2. The number of rotatable bonds is 5. The van der Waals surface area contributed by atoms with Crippen LogP contribution in [0.3, 0.4) is 0 Å². The van der Waals surface area contributed by atoms with Crippen molar-refractivity contribution < 1.29 is 9.90 Å². The van der Waals surface area contributed by atoms with E-state index in [2.05, 4.69) is 33.5 Å². The number of hydrogen-bond acceptors (Lipinski definition) is 6. The molecule has 1 unspecified atom stereocenters. The molecule has 1 amide bonds. The standard InChI is InChI=1S/C21H16ClN3O2S2/c1-12(19(27)25-16-9-14(22)7-8-17(16)26)28-20-15-10-18(13-5-3-2-4-6-13)29-21(15)24-11-23-20/h2-12,26H,1H3,(H,25,27). The van der Waals surface area contributed by atoms with Gasteiger partial charge in [0.2, 0.25) is 5.91 Å². The molecule has 0 fully saturated rings. The van der Waals surface area contributed by atoms with Crippen LogP contribution in [0, 0.1) is 0 Å². The molecule has 0 aliphatic heterocycles. The molecule has 0 saturated carbocycles. The highest BCUT2D eigenvalue weighted by Gasteiger charge is 2.19. The van der Waals surface area contributed by atoms with Gasteiger partial charge in [0.05, 0.1) is 10.9 Å². The van der Waals surface area contributed by atoms with Gasteiger partial charge in [-0.2, -0.15) is 0 Å². The van der Waals surface area contributed by atoms with Crippen molar-refractivity contribution in [1.82, 2.24) is 9.97 Å². The van der Waals surface area contributed by atoms with Gasteiger partial charge in [0.15, 0.2) is 0 Å². The zero-order valence-corrected chi connectivity index (χ0v) is 17.7. The average Bonchev–Trinajstić information content (AvgIpc) is 3.17. The fourth-order valence-corrected chi connectivity index (χ4v) is 4.87. The lowest BCUT2D eigenvalue weighted by Crippen LogP contribution is -2.22. The number of fused-ring (bicyclic) bond motifs is 1. The SMILES string of the molecule is CC(Sc1ncnc2sc(-c3ccccc3)cc12)C(=O)Nc1cc(Cl)ccc1O. The molecular formula is C21H16ClN3O2S2. The Hall–Kier alpha value is -2.61. The van der Waals surface area contributed by atoms with Crippen LogP contribution in [-0.2, 0) is 4.79 Å². The van der Waals surface area contributed by atoms with Crippen LogP contribution in [0.4, 0.5) is 5.69 Å². The molecular weight excluding hydrogens is 426 g/mol. The van der Waals surface area contributed by atoms with Gasteiger partial charge >= 0.3 is 0 Å². The van der Waals surface area contributed by atoms with Crippen molar-refractivity contribution in [3.8, 4) is 16.2 Å².